The van der Waals surface area contributed by atoms with E-state index >= 15 is 0 Å². The van der Waals surface area contributed by atoms with E-state index in [1.165, 1.54) is 0 Å². The molecule has 158 valence electrons. The highest BCUT2D eigenvalue weighted by Crippen LogP contribution is 2.32. The maximum Gasteiger partial charge on any atom is 0.303 e. The van der Waals surface area contributed by atoms with Gasteiger partial charge in [0.1, 0.15) is 0 Å². The van der Waals surface area contributed by atoms with Crippen LogP contribution in [0.15, 0.2) is 30.3 Å². The van der Waals surface area contributed by atoms with Crippen LogP contribution >= 0.6 is 0 Å². The molecule has 1 saturated heterocycles. The first-order chi connectivity index (χ1) is 15.0. The summed E-state index contributed by atoms with van der Waals surface area (Å²) in [5, 5.41) is 14.7. The molecule has 1 aliphatic heterocycles. The van der Waals surface area contributed by atoms with Crippen LogP contribution < -0.4 is 4.90 Å². The predicted molar refractivity (Wildman–Crippen MR) is 118 cm³/mol. The van der Waals surface area contributed by atoms with Crippen molar-refractivity contribution >= 4 is 28.6 Å². The normalized spacial score (nSPS) is 14.1. The van der Waals surface area contributed by atoms with Gasteiger partial charge in [0, 0.05) is 36.5 Å². The molecule has 0 spiro atoms. The second-order valence-electron chi connectivity index (χ2n) is 8.02. The molecule has 4 heterocycles. The molecule has 4 aromatic rings. The fourth-order valence-corrected chi connectivity index (χ4v) is 4.37. The Morgan fingerprint density at radius 3 is 2.52 bits per heavy atom. The highest BCUT2D eigenvalue weighted by Gasteiger charge is 2.23. The molecule has 5 rings (SSSR count). The van der Waals surface area contributed by atoms with Crippen molar-refractivity contribution in [3.63, 3.8) is 0 Å². The van der Waals surface area contributed by atoms with E-state index in [4.69, 9.17) is 25.2 Å². The number of anilines is 1. The first kappa shape index (κ1) is 19.4. The number of fused-ring (bicyclic) bond motifs is 3. The summed E-state index contributed by atoms with van der Waals surface area (Å²) in [5.74, 6) is -0.121. The number of aryl methyl sites for hydroxylation is 2. The van der Waals surface area contributed by atoms with Gasteiger partial charge in [-0.25, -0.2) is 14.5 Å². The highest BCUT2D eigenvalue weighted by atomic mass is 16.4. The van der Waals surface area contributed by atoms with Crippen LogP contribution in [0.25, 0.3) is 27.9 Å². The minimum absolute atomic E-state index is 0.0594. The predicted octanol–water partition coefficient (Wildman–Crippen LogP) is 3.57. The highest BCUT2D eigenvalue weighted by molar-refractivity contribution is 6.01. The van der Waals surface area contributed by atoms with Crippen molar-refractivity contribution in [1.29, 1.82) is 0 Å². The lowest BCUT2D eigenvalue weighted by molar-refractivity contribution is -0.136. The van der Waals surface area contributed by atoms with Crippen LogP contribution in [0.3, 0.4) is 0 Å². The van der Waals surface area contributed by atoms with Crippen molar-refractivity contribution in [3.8, 4) is 11.3 Å². The molecule has 1 N–H and O–H groups in total. The quantitative estimate of drug-likeness (QED) is 0.531. The van der Waals surface area contributed by atoms with Gasteiger partial charge in [0.25, 0.3) is 0 Å². The molecule has 1 fully saturated rings. The number of carbonyl (C=O) groups is 1. The lowest BCUT2D eigenvalue weighted by Crippen LogP contribution is -2.20. The number of benzene rings is 1. The second-order valence-corrected chi connectivity index (χ2v) is 8.02. The summed E-state index contributed by atoms with van der Waals surface area (Å²) < 4.78 is 1.80. The lowest BCUT2D eigenvalue weighted by atomic mass is 10.1. The molecule has 0 aliphatic carbocycles. The number of rotatable bonds is 5. The molecule has 0 saturated carbocycles. The molecule has 0 atom stereocenters. The summed E-state index contributed by atoms with van der Waals surface area (Å²) in [6.07, 6.45) is 2.76. The second kappa shape index (κ2) is 7.61. The number of hydrogen-bond donors (Lipinski definition) is 1. The Morgan fingerprint density at radius 2 is 1.81 bits per heavy atom. The number of carboxylic acids is 1. The Hall–Kier alpha value is -3.55. The third-order valence-corrected chi connectivity index (χ3v) is 5.99. The number of carboxylic acid groups (broad SMARTS) is 1. The molecule has 1 aliphatic rings. The fraction of sp³-hybridized carbons (Fsp3) is 0.348. The van der Waals surface area contributed by atoms with Crippen molar-refractivity contribution < 1.29 is 9.90 Å². The lowest BCUT2D eigenvalue weighted by Gasteiger charge is -2.16. The molecule has 0 unspecified atom stereocenters. The monoisotopic (exact) mass is 416 g/mol. The molecule has 8 heteroatoms. The van der Waals surface area contributed by atoms with E-state index in [-0.39, 0.29) is 6.42 Å². The van der Waals surface area contributed by atoms with Gasteiger partial charge in [0.05, 0.1) is 11.1 Å². The smallest absolute Gasteiger partial charge is 0.303 e. The molecule has 0 amide bonds. The van der Waals surface area contributed by atoms with Gasteiger partial charge in [-0.1, -0.05) is 30.3 Å². The van der Waals surface area contributed by atoms with E-state index in [1.807, 2.05) is 44.2 Å². The minimum atomic E-state index is -0.822. The van der Waals surface area contributed by atoms with Crippen molar-refractivity contribution in [1.82, 2.24) is 24.6 Å². The van der Waals surface area contributed by atoms with Crippen LogP contribution in [-0.2, 0) is 11.2 Å². The fourth-order valence-electron chi connectivity index (χ4n) is 4.37. The van der Waals surface area contributed by atoms with Crippen LogP contribution in [0.1, 0.15) is 36.2 Å². The van der Waals surface area contributed by atoms with Crippen molar-refractivity contribution in [2.24, 2.45) is 0 Å². The van der Waals surface area contributed by atoms with Gasteiger partial charge < -0.3 is 10.0 Å². The zero-order valence-corrected chi connectivity index (χ0v) is 17.7. The van der Waals surface area contributed by atoms with E-state index in [0.717, 1.165) is 59.5 Å². The van der Waals surface area contributed by atoms with Gasteiger partial charge in [0.2, 0.25) is 5.95 Å². The summed E-state index contributed by atoms with van der Waals surface area (Å²) in [4.78, 5) is 27.9. The van der Waals surface area contributed by atoms with Gasteiger partial charge in [-0.05, 0) is 38.7 Å². The Morgan fingerprint density at radius 1 is 1.06 bits per heavy atom. The van der Waals surface area contributed by atoms with E-state index in [1.54, 1.807) is 4.52 Å². The SMILES string of the molecule is Cc1nc2c3c(-c4ccccc4)nc(N4CCCC4)nc3nn2c(C)c1CCC(=O)O. The summed E-state index contributed by atoms with van der Waals surface area (Å²) in [5.41, 5.74) is 5.76. The molecule has 0 radical (unpaired) electrons. The van der Waals surface area contributed by atoms with E-state index < -0.39 is 5.97 Å². The largest absolute Gasteiger partial charge is 0.481 e. The Kier molecular flexibility index (Phi) is 4.77. The summed E-state index contributed by atoms with van der Waals surface area (Å²) in [6.45, 7) is 5.78. The topological polar surface area (TPSA) is 96.5 Å². The van der Waals surface area contributed by atoms with Gasteiger partial charge in [-0.2, -0.15) is 4.98 Å². The summed E-state index contributed by atoms with van der Waals surface area (Å²) >= 11 is 0. The number of hydrogen-bond acceptors (Lipinski definition) is 6. The molecule has 3 aromatic heterocycles. The van der Waals surface area contributed by atoms with Gasteiger partial charge in [0.15, 0.2) is 11.3 Å². The first-order valence-corrected chi connectivity index (χ1v) is 10.6. The third kappa shape index (κ3) is 3.37. The van der Waals surface area contributed by atoms with Crippen molar-refractivity contribution in [2.75, 3.05) is 18.0 Å². The average molecular weight is 416 g/mol. The third-order valence-electron chi connectivity index (χ3n) is 5.99. The first-order valence-electron chi connectivity index (χ1n) is 10.6. The molecular formula is C23H24N6O2. The minimum Gasteiger partial charge on any atom is -0.481 e. The molecule has 1 aromatic carbocycles. The number of aromatic nitrogens is 5. The van der Waals surface area contributed by atoms with Crippen LogP contribution in [0.4, 0.5) is 5.95 Å². The van der Waals surface area contributed by atoms with Gasteiger partial charge in [-0.15, -0.1) is 5.10 Å². The van der Waals surface area contributed by atoms with E-state index in [9.17, 15) is 4.79 Å². The Labute approximate surface area is 179 Å². The van der Waals surface area contributed by atoms with Gasteiger partial charge in [-0.3, -0.25) is 4.79 Å². The van der Waals surface area contributed by atoms with Crippen LogP contribution in [0.5, 0.6) is 0 Å². The van der Waals surface area contributed by atoms with Crippen LogP contribution in [-0.4, -0.2) is 48.7 Å². The molecule has 8 nitrogen and oxygen atoms in total. The maximum absolute atomic E-state index is 11.1. The van der Waals surface area contributed by atoms with Crippen LogP contribution in [0.2, 0.25) is 0 Å². The molecule has 31 heavy (non-hydrogen) atoms. The average Bonchev–Trinajstić information content (AvgIpc) is 3.42. The summed E-state index contributed by atoms with van der Waals surface area (Å²) in [7, 11) is 0. The standard InChI is InChI=1S/C23H24N6O2/c1-14-17(10-11-18(30)31)15(2)29-22(24-14)19-20(16-8-4-3-5-9-16)25-23(26-21(19)27-29)28-12-6-7-13-28/h3-5,8-9H,6-7,10-13H2,1-2H3,(H,30,31). The van der Waals surface area contributed by atoms with Crippen molar-refractivity contribution in [2.45, 2.75) is 39.5 Å². The Balaban J connectivity index is 1.78. The zero-order valence-electron chi connectivity index (χ0n) is 17.7. The number of aliphatic carboxylic acids is 1. The molecular weight excluding hydrogens is 392 g/mol. The molecule has 0 bridgehead atoms. The Bertz CT molecular complexity index is 1290. The van der Waals surface area contributed by atoms with Crippen molar-refractivity contribution in [3.05, 3.63) is 47.3 Å². The van der Waals surface area contributed by atoms with E-state index in [2.05, 4.69) is 4.90 Å². The summed E-state index contributed by atoms with van der Waals surface area (Å²) in [6, 6.07) is 10.1. The maximum atomic E-state index is 11.1. The number of nitrogens with zero attached hydrogens (tertiary/aromatic N) is 6. The van der Waals surface area contributed by atoms with Gasteiger partial charge >= 0.3 is 5.97 Å². The zero-order chi connectivity index (χ0) is 21.5. The van der Waals surface area contributed by atoms with Crippen LogP contribution in [0, 0.1) is 13.8 Å². The van der Waals surface area contributed by atoms with E-state index in [0.29, 0.717) is 23.7 Å².